The number of alkyl carbamates (subject to hydrolysis) is 1. The van der Waals surface area contributed by atoms with Gasteiger partial charge in [0.25, 0.3) is 0 Å². The highest BCUT2D eigenvalue weighted by molar-refractivity contribution is 5.79. The van der Waals surface area contributed by atoms with Crippen molar-refractivity contribution in [2.45, 2.75) is 46.1 Å². The van der Waals surface area contributed by atoms with E-state index < -0.39 is 18.1 Å². The summed E-state index contributed by atoms with van der Waals surface area (Å²) in [7, 11) is 0. The lowest BCUT2D eigenvalue weighted by Gasteiger charge is -2.33. The van der Waals surface area contributed by atoms with E-state index in [1.165, 1.54) is 11.1 Å². The molecule has 0 radical (unpaired) electrons. The molecule has 2 aromatic carbocycles. The first kappa shape index (κ1) is 21.9. The second kappa shape index (κ2) is 9.33. The Bertz CT molecular complexity index is 852. The Morgan fingerprint density at radius 1 is 0.933 bits per heavy atom. The third kappa shape index (κ3) is 4.66. The van der Waals surface area contributed by atoms with Crippen molar-refractivity contribution in [1.29, 1.82) is 0 Å². The average Bonchev–Trinajstić information content (AvgIpc) is 2.99. The number of carbonyl (C=O) groups is 2. The first-order valence-corrected chi connectivity index (χ1v) is 10.6. The minimum Gasteiger partial charge on any atom is -0.481 e. The van der Waals surface area contributed by atoms with Crippen molar-refractivity contribution >= 4 is 12.1 Å². The van der Waals surface area contributed by atoms with Crippen molar-refractivity contribution in [3.8, 4) is 11.1 Å². The van der Waals surface area contributed by atoms with Crippen molar-refractivity contribution in [2.24, 2.45) is 17.8 Å². The van der Waals surface area contributed by atoms with Gasteiger partial charge in [-0.05, 0) is 40.0 Å². The van der Waals surface area contributed by atoms with Gasteiger partial charge in [-0.25, -0.2) is 4.79 Å². The predicted molar refractivity (Wildman–Crippen MR) is 117 cm³/mol. The average molecular weight is 410 g/mol. The molecule has 2 N–H and O–H groups in total. The summed E-state index contributed by atoms with van der Waals surface area (Å²) >= 11 is 0. The molecule has 0 aromatic heterocycles. The van der Waals surface area contributed by atoms with Gasteiger partial charge >= 0.3 is 12.1 Å². The molecular formula is C25H31NO4. The zero-order valence-corrected chi connectivity index (χ0v) is 18.1. The molecule has 0 aliphatic heterocycles. The van der Waals surface area contributed by atoms with E-state index in [1.807, 2.05) is 24.3 Å². The van der Waals surface area contributed by atoms with Gasteiger partial charge in [-0.2, -0.15) is 0 Å². The minimum absolute atomic E-state index is 0.0212. The topological polar surface area (TPSA) is 75.6 Å². The molecule has 160 valence electrons. The Kier molecular flexibility index (Phi) is 6.80. The zero-order chi connectivity index (χ0) is 21.8. The summed E-state index contributed by atoms with van der Waals surface area (Å²) in [5, 5.41) is 12.2. The number of hydrogen-bond acceptors (Lipinski definition) is 3. The van der Waals surface area contributed by atoms with Crippen LogP contribution in [-0.4, -0.2) is 29.8 Å². The molecule has 30 heavy (non-hydrogen) atoms. The number of benzene rings is 2. The van der Waals surface area contributed by atoms with Crippen LogP contribution in [0.5, 0.6) is 0 Å². The molecule has 0 fully saturated rings. The van der Waals surface area contributed by atoms with E-state index in [1.54, 1.807) is 0 Å². The molecule has 0 bridgehead atoms. The lowest BCUT2D eigenvalue weighted by atomic mass is 9.78. The fourth-order valence-electron chi connectivity index (χ4n) is 4.96. The number of carboxylic acid groups (broad SMARTS) is 1. The van der Waals surface area contributed by atoms with E-state index in [0.29, 0.717) is 0 Å². The van der Waals surface area contributed by atoms with E-state index in [9.17, 15) is 14.7 Å². The molecule has 0 heterocycles. The quantitative estimate of drug-likeness (QED) is 0.621. The highest BCUT2D eigenvalue weighted by atomic mass is 16.5. The number of ether oxygens (including phenoxy) is 1. The van der Waals surface area contributed by atoms with Crippen molar-refractivity contribution in [1.82, 2.24) is 5.32 Å². The molecule has 0 spiro atoms. The molecule has 1 atom stereocenters. The summed E-state index contributed by atoms with van der Waals surface area (Å²) < 4.78 is 5.62. The maximum absolute atomic E-state index is 12.6. The lowest BCUT2D eigenvalue weighted by molar-refractivity contribution is -0.138. The number of hydrogen-bond donors (Lipinski definition) is 2. The van der Waals surface area contributed by atoms with E-state index in [4.69, 9.17) is 4.74 Å². The Hall–Kier alpha value is -2.82. The predicted octanol–water partition coefficient (Wildman–Crippen LogP) is 5.30. The van der Waals surface area contributed by atoms with Crippen LogP contribution in [0.25, 0.3) is 11.1 Å². The minimum atomic E-state index is -0.926. The Morgan fingerprint density at radius 2 is 1.43 bits per heavy atom. The molecule has 1 amide bonds. The highest BCUT2D eigenvalue weighted by Crippen LogP contribution is 2.44. The highest BCUT2D eigenvalue weighted by Gasteiger charge is 2.32. The summed E-state index contributed by atoms with van der Waals surface area (Å²) in [6.07, 6.45) is -0.681. The van der Waals surface area contributed by atoms with Gasteiger partial charge in [0, 0.05) is 12.0 Å². The molecule has 0 saturated carbocycles. The summed E-state index contributed by atoms with van der Waals surface area (Å²) in [5.74, 6) is -0.426. The number of rotatable bonds is 8. The smallest absolute Gasteiger partial charge is 0.407 e. The van der Waals surface area contributed by atoms with E-state index in [-0.39, 0.29) is 36.7 Å². The Morgan fingerprint density at radius 3 is 1.90 bits per heavy atom. The van der Waals surface area contributed by atoms with E-state index >= 15 is 0 Å². The van der Waals surface area contributed by atoms with Gasteiger partial charge in [-0.3, -0.25) is 4.79 Å². The van der Waals surface area contributed by atoms with Crippen LogP contribution in [0.15, 0.2) is 48.5 Å². The van der Waals surface area contributed by atoms with Crippen molar-refractivity contribution in [2.75, 3.05) is 6.61 Å². The van der Waals surface area contributed by atoms with Gasteiger partial charge in [-0.1, -0.05) is 76.2 Å². The largest absolute Gasteiger partial charge is 0.481 e. The lowest BCUT2D eigenvalue weighted by Crippen LogP contribution is -2.46. The van der Waals surface area contributed by atoms with Crippen LogP contribution in [0.1, 0.15) is 51.2 Å². The van der Waals surface area contributed by atoms with Crippen LogP contribution in [-0.2, 0) is 9.53 Å². The third-order valence-electron chi connectivity index (χ3n) is 6.05. The number of fused-ring (bicyclic) bond motifs is 3. The van der Waals surface area contributed by atoms with Crippen LogP contribution in [0.4, 0.5) is 4.79 Å². The fraction of sp³-hybridized carbons (Fsp3) is 0.440. The summed E-state index contributed by atoms with van der Waals surface area (Å²) in [6.45, 7) is 8.43. The summed E-state index contributed by atoms with van der Waals surface area (Å²) in [5.41, 5.74) is 4.64. The molecule has 1 aliphatic rings. The van der Waals surface area contributed by atoms with Gasteiger partial charge in [-0.15, -0.1) is 0 Å². The molecule has 0 saturated heterocycles. The maximum Gasteiger partial charge on any atom is 0.407 e. The van der Waals surface area contributed by atoms with Gasteiger partial charge in [0.05, 0.1) is 6.42 Å². The molecule has 5 heteroatoms. The molecule has 2 aromatic rings. The van der Waals surface area contributed by atoms with Crippen molar-refractivity contribution in [3.05, 3.63) is 59.7 Å². The monoisotopic (exact) mass is 409 g/mol. The van der Waals surface area contributed by atoms with Crippen LogP contribution in [0.2, 0.25) is 0 Å². The van der Waals surface area contributed by atoms with Gasteiger partial charge < -0.3 is 15.2 Å². The SMILES string of the molecule is CC(C)C(C(C)C)C(CC(=O)O)NC(=O)OCC1c2ccccc2-c2ccccc21. The second-order valence-corrected chi connectivity index (χ2v) is 8.74. The molecule has 5 nitrogen and oxygen atoms in total. The van der Waals surface area contributed by atoms with Gasteiger partial charge in [0.2, 0.25) is 0 Å². The maximum atomic E-state index is 12.6. The van der Waals surface area contributed by atoms with Crippen LogP contribution in [0.3, 0.4) is 0 Å². The third-order valence-corrected chi connectivity index (χ3v) is 6.05. The van der Waals surface area contributed by atoms with E-state index in [0.717, 1.165) is 11.1 Å². The van der Waals surface area contributed by atoms with Gasteiger partial charge in [0.15, 0.2) is 0 Å². The molecular weight excluding hydrogens is 378 g/mol. The standard InChI is InChI=1S/C25H31NO4/c1-15(2)24(16(3)4)22(13-23(27)28)26-25(29)30-14-21-19-11-7-5-9-17(19)18-10-6-8-12-20(18)21/h5-12,15-16,21-22,24H,13-14H2,1-4H3,(H,26,29)(H,27,28). The van der Waals surface area contributed by atoms with E-state index in [2.05, 4.69) is 57.3 Å². The Balaban J connectivity index is 1.72. The first-order chi connectivity index (χ1) is 14.3. The zero-order valence-electron chi connectivity index (χ0n) is 18.1. The molecule has 1 unspecified atom stereocenters. The van der Waals surface area contributed by atoms with Crippen LogP contribution < -0.4 is 5.32 Å². The van der Waals surface area contributed by atoms with Gasteiger partial charge in [0.1, 0.15) is 6.61 Å². The first-order valence-electron chi connectivity index (χ1n) is 10.6. The number of nitrogens with one attached hydrogen (secondary N) is 1. The number of aliphatic carboxylic acids is 1. The summed E-state index contributed by atoms with van der Waals surface area (Å²) in [4.78, 5) is 24.0. The van der Waals surface area contributed by atoms with Crippen LogP contribution in [0, 0.1) is 17.8 Å². The van der Waals surface area contributed by atoms with Crippen molar-refractivity contribution < 1.29 is 19.4 Å². The Labute approximate surface area is 178 Å². The fourth-order valence-corrected chi connectivity index (χ4v) is 4.96. The van der Waals surface area contributed by atoms with Crippen LogP contribution >= 0.6 is 0 Å². The molecule has 3 rings (SSSR count). The number of carbonyl (C=O) groups excluding carboxylic acids is 1. The normalized spacial score (nSPS) is 14.0. The number of amides is 1. The second-order valence-electron chi connectivity index (χ2n) is 8.74. The van der Waals surface area contributed by atoms with Crippen molar-refractivity contribution in [3.63, 3.8) is 0 Å². The number of carboxylic acids is 1. The molecule has 1 aliphatic carbocycles. The summed E-state index contributed by atoms with van der Waals surface area (Å²) in [6, 6.07) is 15.9.